The Balaban J connectivity index is 2.08. The fourth-order valence-corrected chi connectivity index (χ4v) is 3.08. The molecule has 0 bridgehead atoms. The number of carbonyl (C=O) groups excluding carboxylic acids is 1. The van der Waals surface area contributed by atoms with Gasteiger partial charge in [0.1, 0.15) is 0 Å². The Morgan fingerprint density at radius 3 is 2.76 bits per heavy atom. The largest absolute Gasteiger partial charge is 0.384 e. The summed E-state index contributed by atoms with van der Waals surface area (Å²) in [5, 5.41) is 6.57. The van der Waals surface area contributed by atoms with Crippen LogP contribution in [-0.2, 0) is 0 Å². The average molecular weight is 288 g/mol. The molecule has 1 aromatic carbocycles. The third-order valence-corrected chi connectivity index (χ3v) is 4.29. The zero-order chi connectivity index (χ0) is 15.5. The van der Waals surface area contributed by atoms with Gasteiger partial charge in [-0.05, 0) is 55.7 Å². The number of hydrogen-bond acceptors (Lipinski definition) is 2. The number of hydrogen-bond donors (Lipinski definition) is 2. The third-order valence-electron chi connectivity index (χ3n) is 4.29. The summed E-state index contributed by atoms with van der Waals surface area (Å²) in [7, 11) is 0. The van der Waals surface area contributed by atoms with Crippen LogP contribution in [0, 0.1) is 12.3 Å². The van der Waals surface area contributed by atoms with Gasteiger partial charge < -0.3 is 10.6 Å². The molecule has 0 radical (unpaired) electrons. The van der Waals surface area contributed by atoms with Crippen molar-refractivity contribution in [2.75, 3.05) is 11.9 Å². The highest BCUT2D eigenvalue weighted by molar-refractivity contribution is 5.99. The van der Waals surface area contributed by atoms with Crippen LogP contribution in [-0.4, -0.2) is 18.5 Å². The Hall–Kier alpha value is -1.51. The lowest BCUT2D eigenvalue weighted by molar-refractivity contribution is 0.0937. The van der Waals surface area contributed by atoms with Crippen LogP contribution in [0.4, 0.5) is 5.69 Å². The molecule has 1 saturated carbocycles. The first-order valence-corrected chi connectivity index (χ1v) is 8.07. The van der Waals surface area contributed by atoms with Crippen LogP contribution < -0.4 is 10.6 Å². The van der Waals surface area contributed by atoms with Crippen LogP contribution in [0.2, 0.25) is 0 Å². The molecule has 116 valence electrons. The number of aryl methyl sites for hydroxylation is 1. The summed E-state index contributed by atoms with van der Waals surface area (Å²) >= 11 is 0. The molecule has 1 amide bonds. The third kappa shape index (κ3) is 4.23. The SMILES string of the molecule is CCCNc1cc(C)ccc1C(=O)NC1CCC(C)(C)C1. The average Bonchev–Trinajstić information content (AvgIpc) is 2.75. The number of rotatable bonds is 5. The van der Waals surface area contributed by atoms with Crippen molar-refractivity contribution in [3.63, 3.8) is 0 Å². The lowest BCUT2D eigenvalue weighted by atomic mass is 9.92. The molecule has 2 rings (SSSR count). The van der Waals surface area contributed by atoms with Crippen LogP contribution in [0.1, 0.15) is 62.4 Å². The monoisotopic (exact) mass is 288 g/mol. The standard InChI is InChI=1S/C18H28N2O/c1-5-10-19-16-11-13(2)6-7-15(16)17(21)20-14-8-9-18(3,4)12-14/h6-7,11,14,19H,5,8-10,12H2,1-4H3,(H,20,21). The second-order valence-corrected chi connectivity index (χ2v) is 7.05. The van der Waals surface area contributed by atoms with Gasteiger partial charge in [-0.15, -0.1) is 0 Å². The van der Waals surface area contributed by atoms with E-state index in [9.17, 15) is 4.79 Å². The first kappa shape index (κ1) is 15.9. The molecular formula is C18H28N2O. The Morgan fingerprint density at radius 1 is 1.38 bits per heavy atom. The van der Waals surface area contributed by atoms with E-state index in [4.69, 9.17) is 0 Å². The summed E-state index contributed by atoms with van der Waals surface area (Å²) in [6.45, 7) is 9.63. The Kier molecular flexibility index (Phi) is 4.92. The van der Waals surface area contributed by atoms with Crippen LogP contribution in [0.15, 0.2) is 18.2 Å². The molecule has 1 unspecified atom stereocenters. The molecular weight excluding hydrogens is 260 g/mol. The summed E-state index contributed by atoms with van der Waals surface area (Å²) in [4.78, 5) is 12.6. The fraction of sp³-hybridized carbons (Fsp3) is 0.611. The van der Waals surface area contributed by atoms with Crippen LogP contribution in [0.3, 0.4) is 0 Å². The first-order valence-electron chi connectivity index (χ1n) is 8.07. The van der Waals surface area contributed by atoms with Crippen molar-refractivity contribution in [3.8, 4) is 0 Å². The normalized spacial score (nSPS) is 20.3. The molecule has 3 nitrogen and oxygen atoms in total. The molecule has 0 spiro atoms. The zero-order valence-electron chi connectivity index (χ0n) is 13.8. The Bertz CT molecular complexity index is 508. The van der Waals surface area contributed by atoms with Crippen molar-refractivity contribution in [2.45, 2.75) is 59.4 Å². The number of benzene rings is 1. The van der Waals surface area contributed by atoms with E-state index in [0.29, 0.717) is 11.5 Å². The Labute approximate surface area is 128 Å². The van der Waals surface area contributed by atoms with Gasteiger partial charge in [0.15, 0.2) is 0 Å². The number of amides is 1. The highest BCUT2D eigenvalue weighted by atomic mass is 16.1. The van der Waals surface area contributed by atoms with E-state index in [1.54, 1.807) is 0 Å². The van der Waals surface area contributed by atoms with E-state index in [0.717, 1.165) is 37.1 Å². The molecule has 21 heavy (non-hydrogen) atoms. The maximum atomic E-state index is 12.6. The molecule has 0 aromatic heterocycles. The molecule has 0 aliphatic heterocycles. The molecule has 0 saturated heterocycles. The lowest BCUT2D eigenvalue weighted by Crippen LogP contribution is -2.34. The second kappa shape index (κ2) is 6.50. The van der Waals surface area contributed by atoms with E-state index in [-0.39, 0.29) is 5.91 Å². The minimum Gasteiger partial charge on any atom is -0.384 e. The van der Waals surface area contributed by atoms with Gasteiger partial charge in [0.05, 0.1) is 5.56 Å². The van der Waals surface area contributed by atoms with Crippen LogP contribution in [0.25, 0.3) is 0 Å². The quantitative estimate of drug-likeness (QED) is 0.855. The van der Waals surface area contributed by atoms with E-state index in [1.165, 1.54) is 12.0 Å². The summed E-state index contributed by atoms with van der Waals surface area (Å²) in [5.41, 5.74) is 3.24. The maximum Gasteiger partial charge on any atom is 0.253 e. The lowest BCUT2D eigenvalue weighted by Gasteiger charge is -2.19. The molecule has 2 N–H and O–H groups in total. The van der Waals surface area contributed by atoms with Gasteiger partial charge in [0.2, 0.25) is 0 Å². The van der Waals surface area contributed by atoms with Gasteiger partial charge in [-0.1, -0.05) is 26.8 Å². The molecule has 1 fully saturated rings. The number of carbonyl (C=O) groups is 1. The summed E-state index contributed by atoms with van der Waals surface area (Å²) in [6.07, 6.45) is 4.39. The van der Waals surface area contributed by atoms with Gasteiger partial charge >= 0.3 is 0 Å². The van der Waals surface area contributed by atoms with Crippen LogP contribution in [0.5, 0.6) is 0 Å². The molecule has 0 heterocycles. The minimum absolute atomic E-state index is 0.0521. The Morgan fingerprint density at radius 2 is 2.14 bits per heavy atom. The molecule has 1 aliphatic carbocycles. The van der Waals surface area contributed by atoms with Crippen molar-refractivity contribution in [1.29, 1.82) is 0 Å². The van der Waals surface area contributed by atoms with Crippen molar-refractivity contribution in [3.05, 3.63) is 29.3 Å². The maximum absolute atomic E-state index is 12.6. The highest BCUT2D eigenvalue weighted by Gasteiger charge is 2.32. The van der Waals surface area contributed by atoms with Gasteiger partial charge in [-0.3, -0.25) is 4.79 Å². The number of nitrogens with one attached hydrogen (secondary N) is 2. The summed E-state index contributed by atoms with van der Waals surface area (Å²) in [6, 6.07) is 6.31. The van der Waals surface area contributed by atoms with Gasteiger partial charge in [-0.2, -0.15) is 0 Å². The van der Waals surface area contributed by atoms with E-state index in [1.807, 2.05) is 12.1 Å². The van der Waals surface area contributed by atoms with Crippen molar-refractivity contribution in [2.24, 2.45) is 5.41 Å². The van der Waals surface area contributed by atoms with E-state index >= 15 is 0 Å². The predicted octanol–water partition coefficient (Wildman–Crippen LogP) is 4.13. The molecule has 3 heteroatoms. The first-order chi connectivity index (χ1) is 9.91. The zero-order valence-corrected chi connectivity index (χ0v) is 13.8. The predicted molar refractivity (Wildman–Crippen MR) is 88.8 cm³/mol. The fourth-order valence-electron chi connectivity index (χ4n) is 3.08. The minimum atomic E-state index is 0.0521. The second-order valence-electron chi connectivity index (χ2n) is 7.05. The van der Waals surface area contributed by atoms with Crippen molar-refractivity contribution < 1.29 is 4.79 Å². The molecule has 1 aromatic rings. The molecule has 1 aliphatic rings. The topological polar surface area (TPSA) is 41.1 Å². The van der Waals surface area contributed by atoms with Crippen molar-refractivity contribution in [1.82, 2.24) is 5.32 Å². The van der Waals surface area contributed by atoms with E-state index in [2.05, 4.69) is 44.4 Å². The molecule has 1 atom stereocenters. The smallest absolute Gasteiger partial charge is 0.253 e. The summed E-state index contributed by atoms with van der Waals surface area (Å²) < 4.78 is 0. The van der Waals surface area contributed by atoms with Gasteiger partial charge in [0, 0.05) is 18.3 Å². The van der Waals surface area contributed by atoms with Crippen molar-refractivity contribution >= 4 is 11.6 Å². The highest BCUT2D eigenvalue weighted by Crippen LogP contribution is 2.37. The number of anilines is 1. The summed E-state index contributed by atoms with van der Waals surface area (Å²) in [5.74, 6) is 0.0521. The van der Waals surface area contributed by atoms with E-state index < -0.39 is 0 Å². The van der Waals surface area contributed by atoms with Gasteiger partial charge in [0.25, 0.3) is 5.91 Å². The van der Waals surface area contributed by atoms with Gasteiger partial charge in [-0.25, -0.2) is 0 Å². The van der Waals surface area contributed by atoms with Crippen LogP contribution >= 0.6 is 0 Å².